The van der Waals surface area contributed by atoms with Gasteiger partial charge < -0.3 is 10.2 Å². The molecule has 2 aromatic rings. The number of hydrogen-bond acceptors (Lipinski definition) is 4. The van der Waals surface area contributed by atoms with Crippen molar-refractivity contribution in [1.82, 2.24) is 10.2 Å². The maximum atomic E-state index is 13.3. The number of hydrogen-bond donors (Lipinski definition) is 1. The number of carbonyl (C=O) groups excluding carboxylic acids is 2. The third-order valence-electron chi connectivity index (χ3n) is 6.12. The van der Waals surface area contributed by atoms with Gasteiger partial charge in [-0.2, -0.15) is 0 Å². The summed E-state index contributed by atoms with van der Waals surface area (Å²) >= 11 is 0. The maximum Gasteiger partial charge on any atom is 0.273 e. The quantitative estimate of drug-likeness (QED) is 0.492. The summed E-state index contributed by atoms with van der Waals surface area (Å²) in [7, 11) is 0. The van der Waals surface area contributed by atoms with Crippen LogP contribution in [0.4, 0.5) is 5.69 Å². The van der Waals surface area contributed by atoms with Crippen LogP contribution in [-0.4, -0.2) is 33.7 Å². The van der Waals surface area contributed by atoms with Crippen molar-refractivity contribution in [3.05, 3.63) is 75.3 Å². The number of aryl methyl sites for hydroxylation is 1. The lowest BCUT2D eigenvalue weighted by molar-refractivity contribution is -0.385. The molecule has 1 saturated carbocycles. The van der Waals surface area contributed by atoms with Crippen LogP contribution < -0.4 is 5.32 Å². The van der Waals surface area contributed by atoms with E-state index in [0.29, 0.717) is 5.56 Å². The Balaban J connectivity index is 1.80. The number of carbonyl (C=O) groups is 2. The number of para-hydroxylation sites is 1. The van der Waals surface area contributed by atoms with Crippen LogP contribution in [0, 0.1) is 17.0 Å². The molecule has 2 amide bonds. The molecule has 7 heteroatoms. The molecule has 1 aliphatic carbocycles. The van der Waals surface area contributed by atoms with E-state index in [1.165, 1.54) is 17.4 Å². The van der Waals surface area contributed by atoms with Crippen molar-refractivity contribution in [2.45, 2.75) is 71.0 Å². The molecular weight excluding hydrogens is 406 g/mol. The topological polar surface area (TPSA) is 92.6 Å². The molecule has 2 aromatic carbocycles. The lowest BCUT2D eigenvalue weighted by Gasteiger charge is -2.31. The normalized spacial score (nSPS) is 15.1. The van der Waals surface area contributed by atoms with Gasteiger partial charge in [0.15, 0.2) is 0 Å². The summed E-state index contributed by atoms with van der Waals surface area (Å²) in [6.07, 6.45) is 5.17. The minimum absolute atomic E-state index is 0.0875. The number of nitrogens with one attached hydrogen (secondary N) is 1. The van der Waals surface area contributed by atoms with Crippen molar-refractivity contribution in [3.63, 3.8) is 0 Å². The Morgan fingerprint density at radius 2 is 1.75 bits per heavy atom. The summed E-state index contributed by atoms with van der Waals surface area (Å²) in [5, 5.41) is 14.5. The van der Waals surface area contributed by atoms with Crippen LogP contribution in [0.25, 0.3) is 0 Å². The predicted molar refractivity (Wildman–Crippen MR) is 123 cm³/mol. The number of benzene rings is 2. The Labute approximate surface area is 189 Å². The monoisotopic (exact) mass is 437 g/mol. The van der Waals surface area contributed by atoms with E-state index in [2.05, 4.69) is 5.32 Å². The van der Waals surface area contributed by atoms with Gasteiger partial charge in [-0.1, -0.05) is 67.3 Å². The Morgan fingerprint density at radius 3 is 2.41 bits per heavy atom. The van der Waals surface area contributed by atoms with Gasteiger partial charge in [0, 0.05) is 24.2 Å². The van der Waals surface area contributed by atoms with Gasteiger partial charge in [-0.25, -0.2) is 0 Å². The molecule has 1 N–H and O–H groups in total. The average Bonchev–Trinajstić information content (AvgIpc) is 2.79. The molecule has 0 aliphatic heterocycles. The van der Waals surface area contributed by atoms with Crippen molar-refractivity contribution in [3.8, 4) is 0 Å². The van der Waals surface area contributed by atoms with Gasteiger partial charge in [-0.05, 0) is 32.3 Å². The van der Waals surface area contributed by atoms with Crippen LogP contribution in [0.2, 0.25) is 0 Å². The van der Waals surface area contributed by atoms with Crippen molar-refractivity contribution in [2.75, 3.05) is 0 Å². The van der Waals surface area contributed by atoms with Crippen LogP contribution in [0.15, 0.2) is 48.5 Å². The van der Waals surface area contributed by atoms with Crippen LogP contribution >= 0.6 is 0 Å². The lowest BCUT2D eigenvalue weighted by atomic mass is 9.95. The first-order valence-electron chi connectivity index (χ1n) is 11.2. The molecule has 0 radical (unpaired) electrons. The minimum atomic E-state index is -0.687. The molecule has 0 saturated heterocycles. The number of amides is 2. The number of rotatable bonds is 8. The van der Waals surface area contributed by atoms with E-state index >= 15 is 0 Å². The fraction of sp³-hybridized carbons (Fsp3) is 0.440. The van der Waals surface area contributed by atoms with Gasteiger partial charge in [0.05, 0.1) is 11.3 Å². The van der Waals surface area contributed by atoms with Gasteiger partial charge in [-0.15, -0.1) is 0 Å². The molecule has 32 heavy (non-hydrogen) atoms. The van der Waals surface area contributed by atoms with Gasteiger partial charge in [0.1, 0.15) is 6.04 Å². The highest BCUT2D eigenvalue weighted by atomic mass is 16.6. The summed E-state index contributed by atoms with van der Waals surface area (Å²) in [4.78, 5) is 38.8. The number of nitro benzene ring substituents is 1. The van der Waals surface area contributed by atoms with Gasteiger partial charge >= 0.3 is 0 Å². The largest absolute Gasteiger partial charge is 0.352 e. The summed E-state index contributed by atoms with van der Waals surface area (Å²) in [5.41, 5.74) is 2.27. The molecular formula is C25H31N3O4. The summed E-state index contributed by atoms with van der Waals surface area (Å²) < 4.78 is 0. The molecule has 0 aromatic heterocycles. The van der Waals surface area contributed by atoms with E-state index in [1.54, 1.807) is 25.1 Å². The van der Waals surface area contributed by atoms with Crippen molar-refractivity contribution >= 4 is 17.5 Å². The molecule has 1 fully saturated rings. The summed E-state index contributed by atoms with van der Waals surface area (Å²) in [6, 6.07) is 13.5. The van der Waals surface area contributed by atoms with Crippen molar-refractivity contribution in [2.24, 2.45) is 0 Å². The predicted octanol–water partition coefficient (Wildman–Crippen LogP) is 4.31. The van der Waals surface area contributed by atoms with E-state index in [9.17, 15) is 19.7 Å². The minimum Gasteiger partial charge on any atom is -0.352 e. The Hall–Kier alpha value is -3.22. The molecule has 0 spiro atoms. The number of nitrogens with zero attached hydrogens (tertiary/aromatic N) is 2. The molecule has 3 rings (SSSR count). The maximum absolute atomic E-state index is 13.3. The number of nitro groups is 1. The second-order valence-corrected chi connectivity index (χ2v) is 8.59. The van der Waals surface area contributed by atoms with E-state index in [4.69, 9.17) is 0 Å². The third-order valence-corrected chi connectivity index (χ3v) is 6.12. The highest BCUT2D eigenvalue weighted by Crippen LogP contribution is 2.21. The first-order chi connectivity index (χ1) is 15.3. The highest BCUT2D eigenvalue weighted by molar-refractivity contribution is 5.88. The molecule has 0 unspecified atom stereocenters. The van der Waals surface area contributed by atoms with Crippen LogP contribution in [0.1, 0.15) is 55.7 Å². The van der Waals surface area contributed by atoms with Crippen LogP contribution in [-0.2, 0) is 22.6 Å². The zero-order valence-electron chi connectivity index (χ0n) is 18.8. The molecule has 0 heterocycles. The fourth-order valence-electron chi connectivity index (χ4n) is 4.14. The molecule has 7 nitrogen and oxygen atoms in total. The Kier molecular flexibility index (Phi) is 7.98. The van der Waals surface area contributed by atoms with Crippen LogP contribution in [0.5, 0.6) is 0 Å². The highest BCUT2D eigenvalue weighted by Gasteiger charge is 2.29. The second kappa shape index (κ2) is 10.9. The average molecular weight is 438 g/mol. The standard InChI is InChI=1S/C25H31N3O4/c1-18-12-14-20(15-13-18)17-27(19(2)25(30)26-22-9-4-3-5-10-22)24(29)16-21-8-6-7-11-23(21)28(31)32/h6-8,11-15,19,22H,3-5,9-10,16-17H2,1-2H3,(H,26,30)/t19-/m0/s1. The van der Waals surface area contributed by atoms with Crippen molar-refractivity contribution < 1.29 is 14.5 Å². The molecule has 1 aliphatic rings. The first-order valence-corrected chi connectivity index (χ1v) is 11.2. The molecule has 0 bridgehead atoms. The lowest BCUT2D eigenvalue weighted by Crippen LogP contribution is -2.50. The third kappa shape index (κ3) is 6.15. The van der Waals surface area contributed by atoms with E-state index in [0.717, 1.165) is 36.8 Å². The van der Waals surface area contributed by atoms with Gasteiger partial charge in [-0.3, -0.25) is 19.7 Å². The SMILES string of the molecule is Cc1ccc(CN(C(=O)Cc2ccccc2[N+](=O)[O-])[C@@H](C)C(=O)NC2CCCCC2)cc1. The zero-order valence-corrected chi connectivity index (χ0v) is 18.8. The van der Waals surface area contributed by atoms with Crippen molar-refractivity contribution in [1.29, 1.82) is 0 Å². The smallest absolute Gasteiger partial charge is 0.273 e. The molecule has 170 valence electrons. The first kappa shape index (κ1) is 23.4. The summed E-state index contributed by atoms with van der Waals surface area (Å²) in [5.74, 6) is -0.494. The summed E-state index contributed by atoms with van der Waals surface area (Å²) in [6.45, 7) is 3.98. The zero-order chi connectivity index (χ0) is 23.1. The second-order valence-electron chi connectivity index (χ2n) is 8.59. The van der Waals surface area contributed by atoms with Gasteiger partial charge in [0.2, 0.25) is 11.8 Å². The molecule has 1 atom stereocenters. The van der Waals surface area contributed by atoms with Gasteiger partial charge in [0.25, 0.3) is 5.69 Å². The van der Waals surface area contributed by atoms with E-state index < -0.39 is 11.0 Å². The van der Waals surface area contributed by atoms with E-state index in [-0.39, 0.29) is 36.5 Å². The van der Waals surface area contributed by atoms with E-state index in [1.807, 2.05) is 31.2 Å². The van der Waals surface area contributed by atoms with Crippen LogP contribution in [0.3, 0.4) is 0 Å². The Morgan fingerprint density at radius 1 is 1.09 bits per heavy atom. The fourth-order valence-corrected chi connectivity index (χ4v) is 4.14. The Bertz CT molecular complexity index is 952.